The molecule has 730 valence electrons. The lowest BCUT2D eigenvalue weighted by atomic mass is 9.96. The van der Waals surface area contributed by atoms with Gasteiger partial charge in [0, 0.05) is 122 Å². The molecule has 4 rings (SSSR count). The highest BCUT2D eigenvalue weighted by molar-refractivity contribution is 5.78. The number of hydrogen-bond acceptors (Lipinski definition) is 41. The molecule has 15 atom stereocenters. The number of carbonyl (C=O) groups excluding carboxylic acids is 16. The molecule has 0 aromatic heterocycles. The van der Waals surface area contributed by atoms with Crippen LogP contribution in [0.15, 0.2) is 30.3 Å². The molecule has 3 aliphatic heterocycles. The highest BCUT2D eigenvalue weighted by atomic mass is 16.7. The molecule has 0 spiro atoms. The fraction of sp³-hybridized carbons (Fsp3) is 0.728. The Morgan fingerprint density at radius 3 is 0.829 bits per heavy atom. The summed E-state index contributed by atoms with van der Waals surface area (Å²) in [5, 5.41) is 18.8. The lowest BCUT2D eigenvalue weighted by Crippen LogP contribution is -2.66. The zero-order chi connectivity index (χ0) is 95.1. The fourth-order valence-corrected chi connectivity index (χ4v) is 12.5. The van der Waals surface area contributed by atoms with Gasteiger partial charge in [-0.05, 0) is 5.56 Å². The van der Waals surface area contributed by atoms with Crippen LogP contribution in [0.2, 0.25) is 0 Å². The van der Waals surface area contributed by atoms with Crippen molar-refractivity contribution in [2.45, 2.75) is 206 Å². The minimum Gasteiger partial charge on any atom is -0.463 e. The van der Waals surface area contributed by atoms with E-state index in [1.807, 2.05) is 0 Å². The van der Waals surface area contributed by atoms with Crippen LogP contribution in [0.3, 0.4) is 0 Å². The van der Waals surface area contributed by atoms with Crippen molar-refractivity contribution in [1.29, 1.82) is 0 Å². The first-order valence-corrected chi connectivity index (χ1v) is 41.6. The Bertz CT molecular complexity index is 3330. The van der Waals surface area contributed by atoms with E-state index in [-0.39, 0.29) is 184 Å². The van der Waals surface area contributed by atoms with Gasteiger partial charge in [-0.15, -0.1) is 0 Å². The Morgan fingerprint density at radius 2 is 0.566 bits per heavy atom. The van der Waals surface area contributed by atoms with Gasteiger partial charge in [-0.1, -0.05) is 30.3 Å². The van der Waals surface area contributed by atoms with Crippen molar-refractivity contribution in [3.8, 4) is 0 Å². The summed E-state index contributed by atoms with van der Waals surface area (Å²) in [5.74, 6) is -9.66. The molecule has 1 aromatic rings. The van der Waals surface area contributed by atoms with Crippen LogP contribution < -0.4 is 37.2 Å². The average molecular weight is 1850 g/mol. The van der Waals surface area contributed by atoms with Crippen molar-refractivity contribution in [3.05, 3.63) is 35.9 Å². The Balaban J connectivity index is 1.32. The SMILES string of the molecule is CC(=O)NC1C(OCCOCCOCCNC(=O)CCOCC(COCCC(=O)NCCOCCOCCOC2OC(COC(C)=O)C(OC(C)=O)C(OC(C)=O)C2NC(C)=O)(COCCC(=O)NCCOCCOCCOC2OC(COC(C)=O)C(OC(C)=O)C(OC(C)=O)C2NC(C)=O)NC(=O)OCc2ccccc2)OC(COC(C)=O)C(OC(C)=O)C1OC(C)=O. The van der Waals surface area contributed by atoms with Crippen molar-refractivity contribution in [1.82, 2.24) is 37.2 Å². The Hall–Kier alpha value is -10.1. The zero-order valence-corrected chi connectivity index (χ0v) is 74.7. The molecule has 3 heterocycles. The van der Waals surface area contributed by atoms with Gasteiger partial charge in [-0.3, -0.25) is 71.9 Å². The van der Waals surface area contributed by atoms with E-state index in [0.29, 0.717) is 5.56 Å². The van der Waals surface area contributed by atoms with Crippen LogP contribution in [0.5, 0.6) is 0 Å². The molecular weight excluding hydrogens is 1730 g/mol. The molecule has 7 N–H and O–H groups in total. The summed E-state index contributed by atoms with van der Waals surface area (Å²) in [7, 11) is 0. The van der Waals surface area contributed by atoms with E-state index < -0.39 is 213 Å². The normalized spacial score (nSPS) is 22.1. The number of rotatable bonds is 63. The topological polar surface area (TPSA) is 588 Å². The van der Waals surface area contributed by atoms with Crippen LogP contribution in [0, 0.1) is 0 Å². The van der Waals surface area contributed by atoms with Crippen molar-refractivity contribution >= 4 is 95.3 Å². The minimum atomic E-state index is -1.60. The predicted octanol–water partition coefficient (Wildman–Crippen LogP) is -2.66. The quantitative estimate of drug-likeness (QED) is 0.0199. The highest BCUT2D eigenvalue weighted by Crippen LogP contribution is 2.32. The fourth-order valence-electron chi connectivity index (χ4n) is 12.5. The molecule has 3 aliphatic rings. The number of alkyl carbamates (subject to hydrolysis) is 1. The summed E-state index contributed by atoms with van der Waals surface area (Å²) >= 11 is 0. The maximum absolute atomic E-state index is 13.8. The summed E-state index contributed by atoms with van der Waals surface area (Å²) in [6, 6.07) is 5.22. The summed E-state index contributed by atoms with van der Waals surface area (Å²) in [4.78, 5) is 198. The lowest BCUT2D eigenvalue weighted by Gasteiger charge is -2.44. The summed E-state index contributed by atoms with van der Waals surface area (Å²) < 4.78 is 141. The Morgan fingerprint density at radius 1 is 0.302 bits per heavy atom. The van der Waals surface area contributed by atoms with E-state index >= 15 is 0 Å². The Labute approximate surface area is 745 Å². The van der Waals surface area contributed by atoms with E-state index in [1.54, 1.807) is 30.3 Å². The maximum Gasteiger partial charge on any atom is 0.408 e. The van der Waals surface area contributed by atoms with Gasteiger partial charge in [0.25, 0.3) is 0 Å². The summed E-state index contributed by atoms with van der Waals surface area (Å²) in [6.07, 6.45) is -16.8. The number of nitrogens with one attached hydrogen (secondary N) is 7. The lowest BCUT2D eigenvalue weighted by molar-refractivity contribution is -0.279. The van der Waals surface area contributed by atoms with Crippen molar-refractivity contribution < 1.29 is 195 Å². The zero-order valence-electron chi connectivity index (χ0n) is 74.7. The molecule has 3 fully saturated rings. The highest BCUT2D eigenvalue weighted by Gasteiger charge is 2.55. The molecule has 0 radical (unpaired) electrons. The van der Waals surface area contributed by atoms with Gasteiger partial charge >= 0.3 is 59.8 Å². The molecule has 15 unspecified atom stereocenters. The number of hydrogen-bond donors (Lipinski definition) is 7. The van der Waals surface area contributed by atoms with E-state index in [9.17, 15) is 76.7 Å². The van der Waals surface area contributed by atoms with Crippen LogP contribution in [0.1, 0.15) is 108 Å². The van der Waals surface area contributed by atoms with Crippen molar-refractivity contribution in [2.75, 3.05) is 178 Å². The van der Waals surface area contributed by atoms with Gasteiger partial charge < -0.3 is 156 Å². The van der Waals surface area contributed by atoms with Crippen LogP contribution in [0.4, 0.5) is 4.79 Å². The number of carbonyl (C=O) groups is 16. The second kappa shape index (κ2) is 63.0. The first-order valence-electron chi connectivity index (χ1n) is 41.6. The summed E-state index contributed by atoms with van der Waals surface area (Å²) in [6.45, 7) is 11.0. The van der Waals surface area contributed by atoms with Gasteiger partial charge in [0.15, 0.2) is 55.5 Å². The number of amides is 7. The van der Waals surface area contributed by atoms with Crippen LogP contribution in [-0.4, -0.2) is 371 Å². The molecule has 7 amide bonds. The molecule has 0 bridgehead atoms. The number of esters is 9. The van der Waals surface area contributed by atoms with Gasteiger partial charge in [-0.25, -0.2) is 4.79 Å². The van der Waals surface area contributed by atoms with Crippen LogP contribution in [-0.2, 0) is 197 Å². The average Bonchev–Trinajstić information content (AvgIpc) is 0.794. The van der Waals surface area contributed by atoms with Gasteiger partial charge in [0.1, 0.15) is 68.4 Å². The van der Waals surface area contributed by atoms with Crippen LogP contribution >= 0.6 is 0 Å². The standard InChI is InChI=1S/C81H125N7O41/c1-49(89)85-68-74(124-58(10)98)71(121-55(7)95)62(43-117-52(4)92)127-77(68)114-39-36-108-33-30-105-27-21-82-65(101)18-24-111-46-81(88-80(104)120-42-61-16-14-13-15-17-61,47-112-25-19-66(102)83-22-28-106-31-34-109-37-40-115-78-69(86-50(2)90)75(125-59(11)99)72(122-56(8)96)63(128-78)44-118-53(5)93)48-113-26-20-67(103)84-23-29-107-32-35-110-38-41-116-79-70(87-51(3)91)76(126-60(12)100)73(123-57(9)97)64(129-79)45-119-54(6)94/h13-17,62-64,68-79H,18-48H2,1-12H3,(H,82,101)(H,83,102)(H,84,103)(H,85,89)(H,86,90)(H,87,91)(H,88,104). The number of benzene rings is 1. The molecule has 3 saturated heterocycles. The van der Waals surface area contributed by atoms with Gasteiger partial charge in [0.05, 0.1) is 139 Å². The van der Waals surface area contributed by atoms with Crippen molar-refractivity contribution in [3.63, 3.8) is 0 Å². The first kappa shape index (κ1) is 111. The molecule has 48 heteroatoms. The van der Waals surface area contributed by atoms with E-state index in [4.69, 9.17) is 118 Å². The monoisotopic (exact) mass is 1850 g/mol. The molecular formula is C81H125N7O41. The van der Waals surface area contributed by atoms with E-state index in [1.165, 1.54) is 20.8 Å². The van der Waals surface area contributed by atoms with Gasteiger partial charge in [-0.2, -0.15) is 0 Å². The third-order valence-corrected chi connectivity index (χ3v) is 17.7. The molecule has 129 heavy (non-hydrogen) atoms. The third-order valence-electron chi connectivity index (χ3n) is 17.7. The largest absolute Gasteiger partial charge is 0.463 e. The van der Waals surface area contributed by atoms with E-state index in [2.05, 4.69) is 37.2 Å². The molecule has 0 saturated carbocycles. The predicted molar refractivity (Wildman–Crippen MR) is 433 cm³/mol. The smallest absolute Gasteiger partial charge is 0.408 e. The minimum absolute atomic E-state index is 0.0263. The first-order chi connectivity index (χ1) is 61.5. The van der Waals surface area contributed by atoms with Crippen LogP contribution in [0.25, 0.3) is 0 Å². The second-order valence-corrected chi connectivity index (χ2v) is 28.9. The third kappa shape index (κ3) is 47.9. The van der Waals surface area contributed by atoms with E-state index in [0.717, 1.165) is 62.3 Å². The second-order valence-electron chi connectivity index (χ2n) is 28.9. The number of ether oxygens (including phenoxy) is 25. The molecule has 48 nitrogen and oxygen atoms in total. The van der Waals surface area contributed by atoms with Gasteiger partial charge in [0.2, 0.25) is 35.4 Å². The van der Waals surface area contributed by atoms with Crippen molar-refractivity contribution in [2.24, 2.45) is 0 Å². The molecule has 0 aliphatic carbocycles. The Kier molecular flexibility index (Phi) is 54.4. The molecule has 1 aromatic carbocycles. The summed E-state index contributed by atoms with van der Waals surface area (Å²) in [5.41, 5.74) is -0.947. The maximum atomic E-state index is 13.8.